The monoisotopic (exact) mass is 264 g/mol. The average molecular weight is 264 g/mol. The minimum absolute atomic E-state index is 0.776. The van der Waals surface area contributed by atoms with Crippen LogP contribution < -0.4 is 5.32 Å². The van der Waals surface area contributed by atoms with Crippen LogP contribution in [0.15, 0.2) is 0 Å². The summed E-state index contributed by atoms with van der Waals surface area (Å²) in [5.74, 6) is 3.05. The Bertz CT molecular complexity index is 268. The Morgan fingerprint density at radius 3 is 2.42 bits per heavy atom. The van der Waals surface area contributed by atoms with Crippen molar-refractivity contribution in [2.45, 2.75) is 64.3 Å². The molecule has 1 heterocycles. The number of likely N-dealkylation sites (N-methyl/N-ethyl adjacent to an activating group) is 1. The van der Waals surface area contributed by atoms with Crippen molar-refractivity contribution in [1.82, 2.24) is 10.2 Å². The van der Waals surface area contributed by atoms with Crippen molar-refractivity contribution in [3.63, 3.8) is 0 Å². The molecule has 0 spiro atoms. The molecule has 1 aliphatic heterocycles. The minimum atomic E-state index is 0.776. The molecule has 2 nitrogen and oxygen atoms in total. The zero-order valence-corrected chi connectivity index (χ0v) is 12.7. The molecule has 3 rings (SSSR count). The summed E-state index contributed by atoms with van der Waals surface area (Å²) < 4.78 is 0. The number of nitrogens with zero attached hydrogens (tertiary/aromatic N) is 1. The summed E-state index contributed by atoms with van der Waals surface area (Å²) in [6.45, 7) is 7.52. The van der Waals surface area contributed by atoms with Crippen LogP contribution >= 0.6 is 0 Å². The maximum absolute atomic E-state index is 3.91. The highest BCUT2D eigenvalue weighted by atomic mass is 15.2. The van der Waals surface area contributed by atoms with Gasteiger partial charge in [-0.25, -0.2) is 0 Å². The third-order valence-corrected chi connectivity index (χ3v) is 5.59. The second-order valence-electron chi connectivity index (χ2n) is 7.39. The predicted molar refractivity (Wildman–Crippen MR) is 81.3 cm³/mol. The molecule has 110 valence electrons. The normalized spacial score (nSPS) is 33.9. The van der Waals surface area contributed by atoms with Crippen molar-refractivity contribution in [2.24, 2.45) is 17.8 Å². The third kappa shape index (κ3) is 4.19. The molecule has 1 saturated heterocycles. The SMILES string of the molecule is CCN1CC(CC2CC2)CC(NCC2CCCC2)C1. The van der Waals surface area contributed by atoms with Crippen molar-refractivity contribution in [3.8, 4) is 0 Å². The average Bonchev–Trinajstić information content (AvgIpc) is 3.08. The van der Waals surface area contributed by atoms with E-state index in [2.05, 4.69) is 17.1 Å². The Labute approximate surface area is 119 Å². The van der Waals surface area contributed by atoms with Gasteiger partial charge in [0.15, 0.2) is 0 Å². The first-order valence-electron chi connectivity index (χ1n) is 8.79. The zero-order chi connectivity index (χ0) is 13.1. The highest BCUT2D eigenvalue weighted by molar-refractivity contribution is 4.87. The van der Waals surface area contributed by atoms with Crippen LogP contribution in [0.1, 0.15) is 58.3 Å². The van der Waals surface area contributed by atoms with E-state index >= 15 is 0 Å². The van der Waals surface area contributed by atoms with E-state index < -0.39 is 0 Å². The fourth-order valence-electron chi connectivity index (χ4n) is 4.25. The van der Waals surface area contributed by atoms with E-state index in [0.717, 1.165) is 23.8 Å². The van der Waals surface area contributed by atoms with Gasteiger partial charge < -0.3 is 10.2 Å². The fraction of sp³-hybridized carbons (Fsp3) is 1.00. The molecule has 2 heteroatoms. The highest BCUT2D eigenvalue weighted by Gasteiger charge is 2.31. The maximum atomic E-state index is 3.91. The van der Waals surface area contributed by atoms with Crippen LogP contribution in [0.4, 0.5) is 0 Å². The summed E-state index contributed by atoms with van der Waals surface area (Å²) in [4.78, 5) is 2.68. The molecule has 1 N–H and O–H groups in total. The number of piperidine rings is 1. The van der Waals surface area contributed by atoms with E-state index in [1.165, 1.54) is 77.5 Å². The van der Waals surface area contributed by atoms with Crippen molar-refractivity contribution >= 4 is 0 Å². The van der Waals surface area contributed by atoms with E-state index in [1.54, 1.807) is 0 Å². The molecule has 0 radical (unpaired) electrons. The Kier molecular flexibility index (Phi) is 4.81. The van der Waals surface area contributed by atoms with Crippen LogP contribution in [-0.2, 0) is 0 Å². The van der Waals surface area contributed by atoms with Gasteiger partial charge in [-0.2, -0.15) is 0 Å². The van der Waals surface area contributed by atoms with E-state index in [1.807, 2.05) is 0 Å². The Hall–Kier alpha value is -0.0800. The van der Waals surface area contributed by atoms with Crippen LogP contribution in [0.25, 0.3) is 0 Å². The molecular formula is C17H32N2. The summed E-state index contributed by atoms with van der Waals surface area (Å²) in [5, 5.41) is 3.91. The first kappa shape index (κ1) is 13.9. The number of nitrogens with one attached hydrogen (secondary N) is 1. The molecule has 0 aromatic heterocycles. The number of hydrogen-bond acceptors (Lipinski definition) is 2. The van der Waals surface area contributed by atoms with Crippen molar-refractivity contribution in [2.75, 3.05) is 26.2 Å². The molecule has 3 fully saturated rings. The van der Waals surface area contributed by atoms with Gasteiger partial charge in [0.2, 0.25) is 0 Å². The summed E-state index contributed by atoms with van der Waals surface area (Å²) >= 11 is 0. The molecule has 2 unspecified atom stereocenters. The van der Waals surface area contributed by atoms with Crippen LogP contribution in [-0.4, -0.2) is 37.1 Å². The standard InChI is InChI=1S/C17H32N2/c1-2-19-12-16(9-14-7-8-14)10-17(13-19)18-11-15-5-3-4-6-15/h14-18H,2-13H2,1H3. The van der Waals surface area contributed by atoms with Gasteiger partial charge in [0.25, 0.3) is 0 Å². The highest BCUT2D eigenvalue weighted by Crippen LogP contribution is 2.37. The van der Waals surface area contributed by atoms with Crippen molar-refractivity contribution in [3.05, 3.63) is 0 Å². The maximum Gasteiger partial charge on any atom is 0.0198 e. The van der Waals surface area contributed by atoms with Gasteiger partial charge in [0.1, 0.15) is 0 Å². The van der Waals surface area contributed by atoms with Gasteiger partial charge >= 0.3 is 0 Å². The van der Waals surface area contributed by atoms with E-state index in [-0.39, 0.29) is 0 Å². The van der Waals surface area contributed by atoms with Crippen LogP contribution in [0, 0.1) is 17.8 Å². The van der Waals surface area contributed by atoms with E-state index in [0.29, 0.717) is 0 Å². The third-order valence-electron chi connectivity index (χ3n) is 5.59. The lowest BCUT2D eigenvalue weighted by atomic mass is 9.89. The fourth-order valence-corrected chi connectivity index (χ4v) is 4.25. The van der Waals surface area contributed by atoms with Crippen LogP contribution in [0.5, 0.6) is 0 Å². The largest absolute Gasteiger partial charge is 0.312 e. The molecule has 0 aromatic carbocycles. The molecule has 0 amide bonds. The molecule has 2 atom stereocenters. The lowest BCUT2D eigenvalue weighted by molar-refractivity contribution is 0.136. The van der Waals surface area contributed by atoms with Gasteiger partial charge in [-0.1, -0.05) is 32.6 Å². The number of hydrogen-bond donors (Lipinski definition) is 1. The first-order valence-corrected chi connectivity index (χ1v) is 8.79. The van der Waals surface area contributed by atoms with Crippen molar-refractivity contribution < 1.29 is 0 Å². The lowest BCUT2D eigenvalue weighted by Crippen LogP contribution is -2.50. The second kappa shape index (κ2) is 6.58. The molecule has 19 heavy (non-hydrogen) atoms. The molecule has 2 saturated carbocycles. The van der Waals surface area contributed by atoms with Gasteiger partial charge in [0, 0.05) is 19.1 Å². The summed E-state index contributed by atoms with van der Waals surface area (Å²) in [5.41, 5.74) is 0. The zero-order valence-electron chi connectivity index (χ0n) is 12.7. The summed E-state index contributed by atoms with van der Waals surface area (Å²) in [6.07, 6.45) is 11.9. The van der Waals surface area contributed by atoms with Gasteiger partial charge in [0.05, 0.1) is 0 Å². The Balaban J connectivity index is 1.44. The number of rotatable bonds is 6. The Morgan fingerprint density at radius 2 is 1.74 bits per heavy atom. The van der Waals surface area contributed by atoms with Gasteiger partial charge in [-0.15, -0.1) is 0 Å². The predicted octanol–water partition coefficient (Wildman–Crippen LogP) is 3.28. The molecule has 0 aromatic rings. The second-order valence-corrected chi connectivity index (χ2v) is 7.39. The molecule has 0 bridgehead atoms. The minimum Gasteiger partial charge on any atom is -0.312 e. The van der Waals surface area contributed by atoms with E-state index in [4.69, 9.17) is 0 Å². The van der Waals surface area contributed by atoms with Crippen LogP contribution in [0.2, 0.25) is 0 Å². The first-order chi connectivity index (χ1) is 9.33. The summed E-state index contributed by atoms with van der Waals surface area (Å²) in [7, 11) is 0. The quantitative estimate of drug-likeness (QED) is 0.792. The topological polar surface area (TPSA) is 15.3 Å². The Morgan fingerprint density at radius 1 is 0.947 bits per heavy atom. The van der Waals surface area contributed by atoms with Crippen LogP contribution in [0.3, 0.4) is 0 Å². The van der Waals surface area contributed by atoms with E-state index in [9.17, 15) is 0 Å². The lowest BCUT2D eigenvalue weighted by Gasteiger charge is -2.38. The van der Waals surface area contributed by atoms with Gasteiger partial charge in [-0.05, 0) is 56.5 Å². The molecule has 3 aliphatic rings. The smallest absolute Gasteiger partial charge is 0.0198 e. The molecule has 2 aliphatic carbocycles. The summed E-state index contributed by atoms with van der Waals surface area (Å²) in [6, 6.07) is 0.776. The number of likely N-dealkylation sites (tertiary alicyclic amines) is 1. The van der Waals surface area contributed by atoms with Crippen molar-refractivity contribution in [1.29, 1.82) is 0 Å². The van der Waals surface area contributed by atoms with Gasteiger partial charge in [-0.3, -0.25) is 0 Å². The molecular weight excluding hydrogens is 232 g/mol.